The molecule has 0 aliphatic carbocycles. The van der Waals surface area contributed by atoms with E-state index in [4.69, 9.17) is 0 Å². The Balaban J connectivity index is 2.66. The van der Waals surface area contributed by atoms with E-state index in [1.807, 2.05) is 25.1 Å². The number of carbonyl (C=O) groups excluding carboxylic acids is 1. The van der Waals surface area contributed by atoms with E-state index in [0.29, 0.717) is 0 Å². The zero-order chi connectivity index (χ0) is 10.6. The summed E-state index contributed by atoms with van der Waals surface area (Å²) in [5.41, 5.74) is 6.99. The van der Waals surface area contributed by atoms with Crippen molar-refractivity contribution in [2.75, 3.05) is 12.5 Å². The van der Waals surface area contributed by atoms with Gasteiger partial charge in [0.05, 0.1) is 12.8 Å². The summed E-state index contributed by atoms with van der Waals surface area (Å²) in [4.78, 5) is 10.8. The van der Waals surface area contributed by atoms with Crippen LogP contribution in [0.1, 0.15) is 5.56 Å². The lowest BCUT2D eigenvalue weighted by molar-refractivity contribution is 0.173. The van der Waals surface area contributed by atoms with E-state index in [0.717, 1.165) is 15.7 Å². The van der Waals surface area contributed by atoms with Crippen LogP contribution in [0.2, 0.25) is 0 Å². The molecule has 1 amide bonds. The molecule has 2 N–H and O–H groups in total. The minimum atomic E-state index is -0.524. The normalized spacial score (nSPS) is 9.36. The van der Waals surface area contributed by atoms with E-state index in [2.05, 4.69) is 31.5 Å². The number of ether oxygens (including phenoxy) is 1. The molecule has 0 bridgehead atoms. The third-order valence-electron chi connectivity index (χ3n) is 1.68. The van der Waals surface area contributed by atoms with E-state index in [1.165, 1.54) is 7.11 Å². The van der Waals surface area contributed by atoms with Crippen molar-refractivity contribution in [1.82, 2.24) is 5.43 Å². The van der Waals surface area contributed by atoms with Gasteiger partial charge in [-0.25, -0.2) is 10.2 Å². The molecule has 76 valence electrons. The molecule has 0 aliphatic heterocycles. The highest BCUT2D eigenvalue weighted by Gasteiger charge is 2.00. The summed E-state index contributed by atoms with van der Waals surface area (Å²) in [5.74, 6) is 0. The smallest absolute Gasteiger partial charge is 0.425 e. The number of carbonyl (C=O) groups is 1. The molecule has 0 radical (unpaired) electrons. The van der Waals surface area contributed by atoms with Gasteiger partial charge in [-0.15, -0.1) is 0 Å². The molecule has 1 aromatic rings. The zero-order valence-corrected chi connectivity index (χ0v) is 9.51. The Labute approximate surface area is 90.7 Å². The topological polar surface area (TPSA) is 50.4 Å². The van der Waals surface area contributed by atoms with Crippen molar-refractivity contribution in [3.63, 3.8) is 0 Å². The van der Waals surface area contributed by atoms with E-state index in [-0.39, 0.29) is 0 Å². The van der Waals surface area contributed by atoms with E-state index >= 15 is 0 Å². The minimum Gasteiger partial charge on any atom is -0.452 e. The van der Waals surface area contributed by atoms with Crippen LogP contribution < -0.4 is 10.9 Å². The first-order valence-corrected chi connectivity index (χ1v) is 4.79. The lowest BCUT2D eigenvalue weighted by Gasteiger charge is -2.09. The number of nitrogens with one attached hydrogen (secondary N) is 2. The highest BCUT2D eigenvalue weighted by Crippen LogP contribution is 2.19. The standard InChI is InChI=1S/C9H11BrN2O2/c1-6-3-4-7(10)5-8(6)11-12-9(13)14-2/h3-5,11H,1-2H3,(H,12,13). The summed E-state index contributed by atoms with van der Waals surface area (Å²) in [7, 11) is 1.31. The Morgan fingerprint density at radius 3 is 2.86 bits per heavy atom. The van der Waals surface area contributed by atoms with Gasteiger partial charge in [0.1, 0.15) is 0 Å². The van der Waals surface area contributed by atoms with Gasteiger partial charge in [0, 0.05) is 4.47 Å². The Morgan fingerprint density at radius 1 is 1.50 bits per heavy atom. The number of hydrazine groups is 1. The van der Waals surface area contributed by atoms with Gasteiger partial charge in [-0.1, -0.05) is 22.0 Å². The molecule has 0 aromatic heterocycles. The second kappa shape index (κ2) is 4.85. The molecule has 0 saturated carbocycles. The van der Waals surface area contributed by atoms with Crippen molar-refractivity contribution in [3.05, 3.63) is 28.2 Å². The highest BCUT2D eigenvalue weighted by molar-refractivity contribution is 9.10. The van der Waals surface area contributed by atoms with Gasteiger partial charge >= 0.3 is 6.09 Å². The Kier molecular flexibility index (Phi) is 3.76. The number of hydrogen-bond donors (Lipinski definition) is 2. The number of anilines is 1. The Bertz CT molecular complexity index is 342. The quantitative estimate of drug-likeness (QED) is 0.802. The first-order valence-electron chi connectivity index (χ1n) is 3.99. The summed E-state index contributed by atoms with van der Waals surface area (Å²) in [6, 6.07) is 5.73. The number of rotatable bonds is 2. The lowest BCUT2D eigenvalue weighted by Crippen LogP contribution is -2.29. The van der Waals surface area contributed by atoms with Crippen molar-refractivity contribution in [1.29, 1.82) is 0 Å². The maximum absolute atomic E-state index is 10.8. The second-order valence-corrected chi connectivity index (χ2v) is 3.62. The molecular formula is C9H11BrN2O2. The van der Waals surface area contributed by atoms with Crippen LogP contribution >= 0.6 is 15.9 Å². The van der Waals surface area contributed by atoms with Crippen LogP contribution in [0.5, 0.6) is 0 Å². The number of methoxy groups -OCH3 is 1. The first kappa shape index (κ1) is 10.8. The molecule has 0 unspecified atom stereocenters. The summed E-state index contributed by atoms with van der Waals surface area (Å²) in [6.45, 7) is 1.94. The van der Waals surface area contributed by atoms with Gasteiger partial charge in [-0.2, -0.15) is 0 Å². The van der Waals surface area contributed by atoms with Crippen LogP contribution in [0.3, 0.4) is 0 Å². The molecule has 1 rings (SSSR count). The van der Waals surface area contributed by atoms with Gasteiger partial charge in [0.2, 0.25) is 0 Å². The second-order valence-electron chi connectivity index (χ2n) is 2.70. The third-order valence-corrected chi connectivity index (χ3v) is 2.18. The fourth-order valence-electron chi connectivity index (χ4n) is 0.898. The number of amides is 1. The van der Waals surface area contributed by atoms with Crippen LogP contribution in [0.25, 0.3) is 0 Å². The van der Waals surface area contributed by atoms with Crippen molar-refractivity contribution in [2.24, 2.45) is 0 Å². The van der Waals surface area contributed by atoms with E-state index < -0.39 is 6.09 Å². The SMILES string of the molecule is COC(=O)NNc1cc(Br)ccc1C. The van der Waals surface area contributed by atoms with Gasteiger partial charge < -0.3 is 4.74 Å². The molecular weight excluding hydrogens is 248 g/mol. The Hall–Kier alpha value is -1.23. The molecule has 1 aromatic carbocycles. The van der Waals surface area contributed by atoms with Gasteiger partial charge in [-0.3, -0.25) is 5.43 Å². The highest BCUT2D eigenvalue weighted by atomic mass is 79.9. The van der Waals surface area contributed by atoms with Crippen molar-refractivity contribution >= 4 is 27.7 Å². The molecule has 14 heavy (non-hydrogen) atoms. The third kappa shape index (κ3) is 2.92. The zero-order valence-electron chi connectivity index (χ0n) is 7.93. The molecule has 0 spiro atoms. The maximum Gasteiger partial charge on any atom is 0.425 e. The Morgan fingerprint density at radius 2 is 2.21 bits per heavy atom. The average Bonchev–Trinajstić information content (AvgIpc) is 2.19. The van der Waals surface area contributed by atoms with Gasteiger partial charge in [0.25, 0.3) is 0 Å². The van der Waals surface area contributed by atoms with Crippen LogP contribution in [0.4, 0.5) is 10.5 Å². The van der Waals surface area contributed by atoms with Crippen LogP contribution in [0, 0.1) is 6.92 Å². The van der Waals surface area contributed by atoms with Crippen molar-refractivity contribution in [2.45, 2.75) is 6.92 Å². The summed E-state index contributed by atoms with van der Waals surface area (Å²) >= 11 is 3.34. The van der Waals surface area contributed by atoms with Crippen molar-refractivity contribution in [3.8, 4) is 0 Å². The maximum atomic E-state index is 10.8. The van der Waals surface area contributed by atoms with Crippen LogP contribution in [-0.4, -0.2) is 13.2 Å². The summed E-state index contributed by atoms with van der Waals surface area (Å²) in [5, 5.41) is 0. The average molecular weight is 259 g/mol. The molecule has 0 aliphatic rings. The minimum absolute atomic E-state index is 0.524. The predicted octanol–water partition coefficient (Wildman–Crippen LogP) is 2.44. The van der Waals surface area contributed by atoms with Gasteiger partial charge in [-0.05, 0) is 24.6 Å². The summed E-state index contributed by atoms with van der Waals surface area (Å²) in [6.07, 6.45) is -0.524. The molecule has 4 nitrogen and oxygen atoms in total. The largest absolute Gasteiger partial charge is 0.452 e. The monoisotopic (exact) mass is 258 g/mol. The molecule has 0 heterocycles. The lowest BCUT2D eigenvalue weighted by atomic mass is 10.2. The van der Waals surface area contributed by atoms with E-state index in [1.54, 1.807) is 0 Å². The fraction of sp³-hybridized carbons (Fsp3) is 0.222. The van der Waals surface area contributed by atoms with Crippen molar-refractivity contribution < 1.29 is 9.53 Å². The number of aryl methyl sites for hydroxylation is 1. The van der Waals surface area contributed by atoms with Crippen LogP contribution in [-0.2, 0) is 4.74 Å². The number of benzene rings is 1. The van der Waals surface area contributed by atoms with Crippen LogP contribution in [0.15, 0.2) is 22.7 Å². The number of halogens is 1. The molecule has 0 fully saturated rings. The molecule has 5 heteroatoms. The number of hydrogen-bond acceptors (Lipinski definition) is 3. The van der Waals surface area contributed by atoms with Gasteiger partial charge in [0.15, 0.2) is 0 Å². The van der Waals surface area contributed by atoms with E-state index in [9.17, 15) is 4.79 Å². The predicted molar refractivity (Wildman–Crippen MR) is 58.0 cm³/mol. The molecule has 0 saturated heterocycles. The first-order chi connectivity index (χ1) is 6.63. The molecule has 0 atom stereocenters. The fourth-order valence-corrected chi connectivity index (χ4v) is 1.26. The summed E-state index contributed by atoms with van der Waals surface area (Å²) < 4.78 is 5.36.